The Kier molecular flexibility index (Phi) is 5.72. The molecule has 0 aromatic heterocycles. The molecule has 100 valence electrons. The van der Waals surface area contributed by atoms with Gasteiger partial charge in [-0.2, -0.15) is 0 Å². The number of halogens is 1. The van der Waals surface area contributed by atoms with E-state index in [1.807, 2.05) is 12.1 Å². The van der Waals surface area contributed by atoms with Gasteiger partial charge in [-0.05, 0) is 30.5 Å². The summed E-state index contributed by atoms with van der Waals surface area (Å²) in [4.78, 5) is 0. The predicted molar refractivity (Wildman–Crippen MR) is 79.5 cm³/mol. The van der Waals surface area contributed by atoms with Crippen molar-refractivity contribution in [3.05, 3.63) is 29.8 Å². The van der Waals surface area contributed by atoms with Crippen molar-refractivity contribution < 1.29 is 14.2 Å². The van der Waals surface area contributed by atoms with E-state index in [1.165, 1.54) is 5.56 Å². The third kappa shape index (κ3) is 3.83. The van der Waals surface area contributed by atoms with Crippen LogP contribution in [0.5, 0.6) is 5.75 Å². The zero-order valence-corrected chi connectivity index (χ0v) is 12.8. The third-order valence-electron chi connectivity index (χ3n) is 3.13. The molecule has 0 bridgehead atoms. The second-order valence-corrected chi connectivity index (χ2v) is 5.25. The second-order valence-electron chi connectivity index (χ2n) is 4.37. The Morgan fingerprint density at radius 2 is 2.17 bits per heavy atom. The molecule has 0 aliphatic carbocycles. The molecule has 1 aromatic rings. The van der Waals surface area contributed by atoms with Gasteiger partial charge in [-0.15, -0.1) is 0 Å². The average molecular weight is 362 g/mol. The number of rotatable bonds is 5. The van der Waals surface area contributed by atoms with Gasteiger partial charge in [0.15, 0.2) is 0 Å². The lowest BCUT2D eigenvalue weighted by molar-refractivity contribution is -0.0611. The number of benzene rings is 1. The fourth-order valence-electron chi connectivity index (χ4n) is 2.09. The molecule has 1 heterocycles. The summed E-state index contributed by atoms with van der Waals surface area (Å²) in [5.41, 5.74) is 1.19. The summed E-state index contributed by atoms with van der Waals surface area (Å²) in [6.45, 7) is 1.63. The van der Waals surface area contributed by atoms with Crippen molar-refractivity contribution in [2.75, 3.05) is 24.8 Å². The van der Waals surface area contributed by atoms with E-state index in [2.05, 4.69) is 34.7 Å². The average Bonchev–Trinajstić information content (AvgIpc) is 2.46. The van der Waals surface area contributed by atoms with Crippen LogP contribution in [0.3, 0.4) is 0 Å². The molecule has 1 unspecified atom stereocenters. The van der Waals surface area contributed by atoms with E-state index in [0.717, 1.165) is 36.2 Å². The van der Waals surface area contributed by atoms with Gasteiger partial charge >= 0.3 is 0 Å². The maximum Gasteiger partial charge on any atom is 0.119 e. The van der Waals surface area contributed by atoms with Crippen LogP contribution in [0.1, 0.15) is 24.5 Å². The molecule has 0 saturated carbocycles. The van der Waals surface area contributed by atoms with Crippen LogP contribution in [-0.2, 0) is 9.47 Å². The molecule has 18 heavy (non-hydrogen) atoms. The van der Waals surface area contributed by atoms with Crippen LogP contribution in [0.2, 0.25) is 0 Å². The number of hydrogen-bond acceptors (Lipinski definition) is 3. The monoisotopic (exact) mass is 362 g/mol. The molecular formula is C14H19IO3. The minimum absolute atomic E-state index is 0.142. The molecule has 0 N–H and O–H groups in total. The highest BCUT2D eigenvalue weighted by Crippen LogP contribution is 2.27. The largest absolute Gasteiger partial charge is 0.497 e. The highest BCUT2D eigenvalue weighted by molar-refractivity contribution is 14.1. The van der Waals surface area contributed by atoms with Crippen LogP contribution in [0.25, 0.3) is 0 Å². The van der Waals surface area contributed by atoms with Crippen LogP contribution in [-0.4, -0.2) is 30.9 Å². The van der Waals surface area contributed by atoms with E-state index in [-0.39, 0.29) is 6.10 Å². The lowest BCUT2D eigenvalue weighted by Gasteiger charge is -2.27. The molecule has 1 atom stereocenters. The molecule has 0 spiro atoms. The summed E-state index contributed by atoms with van der Waals surface area (Å²) in [6, 6.07) is 8.14. The first kappa shape index (κ1) is 14.1. The van der Waals surface area contributed by atoms with Crippen LogP contribution in [0.15, 0.2) is 24.3 Å². The Hall–Kier alpha value is -0.330. The van der Waals surface area contributed by atoms with E-state index in [9.17, 15) is 0 Å². The summed E-state index contributed by atoms with van der Waals surface area (Å²) < 4.78 is 17.7. The van der Waals surface area contributed by atoms with Gasteiger partial charge in [0, 0.05) is 17.6 Å². The Morgan fingerprint density at radius 1 is 1.39 bits per heavy atom. The van der Waals surface area contributed by atoms with E-state index in [1.54, 1.807) is 7.11 Å². The van der Waals surface area contributed by atoms with Gasteiger partial charge in [-0.1, -0.05) is 34.7 Å². The summed E-state index contributed by atoms with van der Waals surface area (Å²) in [7, 11) is 1.69. The molecule has 3 nitrogen and oxygen atoms in total. The second kappa shape index (κ2) is 7.31. The van der Waals surface area contributed by atoms with Crippen LogP contribution in [0, 0.1) is 0 Å². The molecule has 1 saturated heterocycles. The normalized spacial score (nSPS) is 18.6. The summed E-state index contributed by atoms with van der Waals surface area (Å²) >= 11 is 2.38. The molecular weight excluding hydrogens is 343 g/mol. The van der Waals surface area contributed by atoms with Crippen LogP contribution >= 0.6 is 22.6 Å². The van der Waals surface area contributed by atoms with Crippen LogP contribution < -0.4 is 4.74 Å². The van der Waals surface area contributed by atoms with Gasteiger partial charge in [-0.25, -0.2) is 0 Å². The first-order chi connectivity index (χ1) is 8.83. The zero-order chi connectivity index (χ0) is 12.8. The van der Waals surface area contributed by atoms with Gasteiger partial charge in [0.1, 0.15) is 5.75 Å². The van der Waals surface area contributed by atoms with Gasteiger partial charge in [-0.3, -0.25) is 0 Å². The minimum Gasteiger partial charge on any atom is -0.497 e. The molecule has 4 heteroatoms. The maximum atomic E-state index is 6.18. The fourth-order valence-corrected chi connectivity index (χ4v) is 2.81. The minimum atomic E-state index is 0.142. The highest BCUT2D eigenvalue weighted by Gasteiger charge is 2.20. The summed E-state index contributed by atoms with van der Waals surface area (Å²) in [5, 5.41) is 0. The first-order valence-electron chi connectivity index (χ1n) is 6.26. The topological polar surface area (TPSA) is 27.7 Å². The van der Waals surface area contributed by atoms with Crippen molar-refractivity contribution in [2.24, 2.45) is 0 Å². The molecule has 0 radical (unpaired) electrons. The van der Waals surface area contributed by atoms with E-state index in [4.69, 9.17) is 14.2 Å². The van der Waals surface area contributed by atoms with Gasteiger partial charge in [0.2, 0.25) is 0 Å². The van der Waals surface area contributed by atoms with Crippen molar-refractivity contribution in [1.82, 2.24) is 0 Å². The maximum absolute atomic E-state index is 6.18. The molecule has 1 aromatic carbocycles. The molecule has 0 amide bonds. The smallest absolute Gasteiger partial charge is 0.119 e. The lowest BCUT2D eigenvalue weighted by atomic mass is 10.1. The van der Waals surface area contributed by atoms with Crippen molar-refractivity contribution in [3.8, 4) is 5.75 Å². The van der Waals surface area contributed by atoms with Gasteiger partial charge in [0.25, 0.3) is 0 Å². The highest BCUT2D eigenvalue weighted by atomic mass is 127. The van der Waals surface area contributed by atoms with E-state index < -0.39 is 0 Å². The van der Waals surface area contributed by atoms with E-state index in [0.29, 0.717) is 6.10 Å². The van der Waals surface area contributed by atoms with Crippen molar-refractivity contribution in [2.45, 2.75) is 25.0 Å². The van der Waals surface area contributed by atoms with Crippen molar-refractivity contribution >= 4 is 22.6 Å². The Balaban J connectivity index is 2.02. The predicted octanol–water partition coefficient (Wildman–Crippen LogP) is 3.37. The van der Waals surface area contributed by atoms with Crippen LogP contribution in [0.4, 0.5) is 0 Å². The Labute approximate surface area is 122 Å². The third-order valence-corrected chi connectivity index (χ3v) is 3.93. The number of ether oxygens (including phenoxy) is 3. The zero-order valence-electron chi connectivity index (χ0n) is 10.6. The molecule has 1 aliphatic heterocycles. The SMILES string of the molecule is COc1cccc(C(CI)OC2CCOCC2)c1. The number of methoxy groups -OCH3 is 1. The Morgan fingerprint density at radius 3 is 2.83 bits per heavy atom. The Bertz CT molecular complexity index is 364. The van der Waals surface area contributed by atoms with Crippen molar-refractivity contribution in [3.63, 3.8) is 0 Å². The standard InChI is InChI=1S/C14H19IO3/c1-16-13-4-2-3-11(9-13)14(10-15)18-12-5-7-17-8-6-12/h2-4,9,12,14H,5-8,10H2,1H3. The van der Waals surface area contributed by atoms with Crippen molar-refractivity contribution in [1.29, 1.82) is 0 Å². The number of hydrogen-bond donors (Lipinski definition) is 0. The molecule has 2 rings (SSSR count). The number of alkyl halides is 1. The molecule has 1 fully saturated rings. The van der Waals surface area contributed by atoms with Gasteiger partial charge in [0.05, 0.1) is 19.3 Å². The van der Waals surface area contributed by atoms with Gasteiger partial charge < -0.3 is 14.2 Å². The molecule has 1 aliphatic rings. The lowest BCUT2D eigenvalue weighted by Crippen LogP contribution is -2.25. The summed E-state index contributed by atoms with van der Waals surface area (Å²) in [6.07, 6.45) is 2.46. The first-order valence-corrected chi connectivity index (χ1v) is 7.79. The van der Waals surface area contributed by atoms with E-state index >= 15 is 0 Å². The fraction of sp³-hybridized carbons (Fsp3) is 0.571. The summed E-state index contributed by atoms with van der Waals surface area (Å²) in [5.74, 6) is 0.887. The quantitative estimate of drug-likeness (QED) is 0.594.